The predicted octanol–water partition coefficient (Wildman–Crippen LogP) is 4.75. The van der Waals surface area contributed by atoms with Crippen LogP contribution in [0.1, 0.15) is 54.7 Å². The van der Waals surface area contributed by atoms with Gasteiger partial charge in [-0.2, -0.15) is 4.31 Å². The molecule has 2 bridgehead atoms. The largest absolute Gasteiger partial charge is 0.489 e. The number of esters is 2. The van der Waals surface area contributed by atoms with E-state index in [9.17, 15) is 18.0 Å². The third-order valence-electron chi connectivity index (χ3n) is 9.30. The highest BCUT2D eigenvalue weighted by atomic mass is 32.2. The summed E-state index contributed by atoms with van der Waals surface area (Å²) in [6, 6.07) is 23.4. The van der Waals surface area contributed by atoms with E-state index in [1.54, 1.807) is 12.1 Å². The molecule has 3 atom stereocenters. The van der Waals surface area contributed by atoms with E-state index in [4.69, 9.17) is 14.2 Å². The highest BCUT2D eigenvalue weighted by molar-refractivity contribution is 7.89. The molecule has 0 spiro atoms. The molecule has 9 nitrogen and oxygen atoms in total. The lowest BCUT2D eigenvalue weighted by molar-refractivity contribution is -0.159. The first-order valence-electron chi connectivity index (χ1n) is 15.7. The van der Waals surface area contributed by atoms with Gasteiger partial charge in [0.15, 0.2) is 0 Å². The molecule has 7 rings (SSSR count). The van der Waals surface area contributed by atoms with Gasteiger partial charge in [-0.05, 0) is 85.6 Å². The maximum absolute atomic E-state index is 13.4. The summed E-state index contributed by atoms with van der Waals surface area (Å²) < 4.78 is 45.1. The highest BCUT2D eigenvalue weighted by Crippen LogP contribution is 2.34. The Hall–Kier alpha value is -3.73. The Kier molecular flexibility index (Phi) is 9.53. The van der Waals surface area contributed by atoms with Crippen molar-refractivity contribution in [3.8, 4) is 5.75 Å². The quantitative estimate of drug-likeness (QED) is 0.279. The number of hydrogen-bond acceptors (Lipinski definition) is 8. The molecule has 0 N–H and O–H groups in total. The second kappa shape index (κ2) is 13.7. The molecule has 0 unspecified atom stereocenters. The van der Waals surface area contributed by atoms with Crippen LogP contribution in [-0.4, -0.2) is 75.0 Å². The number of piperidine rings is 3. The number of carbonyl (C=O) groups is 2. The third-order valence-corrected chi connectivity index (χ3v) is 11.2. The number of methoxy groups -OCH3 is 1. The molecule has 4 aliphatic rings. The zero-order valence-corrected chi connectivity index (χ0v) is 26.4. The van der Waals surface area contributed by atoms with Crippen LogP contribution in [0.5, 0.6) is 5.75 Å². The molecule has 4 fully saturated rings. The topological polar surface area (TPSA) is 102 Å². The average molecular weight is 633 g/mol. The molecule has 0 amide bonds. The molecule has 3 aromatic carbocycles. The summed E-state index contributed by atoms with van der Waals surface area (Å²) >= 11 is 0. The molecule has 4 aliphatic heterocycles. The third kappa shape index (κ3) is 7.08. The maximum atomic E-state index is 13.4. The normalized spacial score (nSPS) is 23.8. The minimum Gasteiger partial charge on any atom is -0.489 e. The zero-order chi connectivity index (χ0) is 31.4. The van der Waals surface area contributed by atoms with E-state index in [1.807, 2.05) is 60.7 Å². The first-order valence-corrected chi connectivity index (χ1v) is 17.1. The molecule has 0 radical (unpaired) electrons. The minimum atomic E-state index is -3.89. The summed E-state index contributed by atoms with van der Waals surface area (Å²) in [5.74, 6) is 0.109. The number of carbonyl (C=O) groups excluding carboxylic acids is 2. The van der Waals surface area contributed by atoms with Gasteiger partial charge >= 0.3 is 11.9 Å². The highest BCUT2D eigenvalue weighted by Gasteiger charge is 2.40. The van der Waals surface area contributed by atoms with E-state index in [2.05, 4.69) is 4.90 Å². The molecular formula is C35H40N2O7S. The van der Waals surface area contributed by atoms with Crippen molar-refractivity contribution in [3.05, 3.63) is 95.6 Å². The predicted molar refractivity (Wildman–Crippen MR) is 168 cm³/mol. The van der Waals surface area contributed by atoms with Gasteiger partial charge in [0.25, 0.3) is 0 Å². The Morgan fingerprint density at radius 1 is 0.889 bits per heavy atom. The number of benzene rings is 3. The van der Waals surface area contributed by atoms with Crippen LogP contribution in [0.25, 0.3) is 0 Å². The first-order chi connectivity index (χ1) is 21.8. The monoisotopic (exact) mass is 632 g/mol. The maximum Gasteiger partial charge on any atom is 0.324 e. The van der Waals surface area contributed by atoms with E-state index in [0.29, 0.717) is 30.1 Å². The van der Waals surface area contributed by atoms with Crippen LogP contribution >= 0.6 is 0 Å². The van der Waals surface area contributed by atoms with Gasteiger partial charge in [0.2, 0.25) is 10.0 Å². The smallest absolute Gasteiger partial charge is 0.324 e. The van der Waals surface area contributed by atoms with Crippen LogP contribution in [0.2, 0.25) is 0 Å². The molecule has 10 heteroatoms. The number of nitrogens with zero attached hydrogens (tertiary/aromatic N) is 2. The van der Waals surface area contributed by atoms with Gasteiger partial charge in [-0.3, -0.25) is 14.5 Å². The van der Waals surface area contributed by atoms with Gasteiger partial charge in [0, 0.05) is 19.0 Å². The Labute approximate surface area is 265 Å². The number of sulfonamides is 1. The van der Waals surface area contributed by atoms with Crippen molar-refractivity contribution in [1.82, 2.24) is 9.21 Å². The summed E-state index contributed by atoms with van der Waals surface area (Å²) in [5.41, 5.74) is 2.63. The fourth-order valence-corrected chi connectivity index (χ4v) is 8.58. The van der Waals surface area contributed by atoms with Crippen LogP contribution in [0.3, 0.4) is 0 Å². The summed E-state index contributed by atoms with van der Waals surface area (Å²) in [6.07, 6.45) is 3.38. The van der Waals surface area contributed by atoms with E-state index >= 15 is 0 Å². The Morgan fingerprint density at radius 3 is 2.38 bits per heavy atom. The molecule has 0 aromatic heterocycles. The number of hydrogen-bond donors (Lipinski definition) is 0. The van der Waals surface area contributed by atoms with Crippen molar-refractivity contribution in [3.63, 3.8) is 0 Å². The first kappa shape index (κ1) is 31.3. The second-order valence-electron chi connectivity index (χ2n) is 12.1. The van der Waals surface area contributed by atoms with Crippen LogP contribution in [0.4, 0.5) is 0 Å². The van der Waals surface area contributed by atoms with Crippen molar-refractivity contribution in [2.45, 2.75) is 61.7 Å². The SMILES string of the molecule is COC(=O)[C@@H]1CCCN1S(=O)(=O)c1cccc(COc2cccc([C@@H](CC(=O)O[C@H]3CN4CCC3CC4)c3ccccc3)c2)c1. The Morgan fingerprint density at radius 2 is 1.64 bits per heavy atom. The van der Waals surface area contributed by atoms with E-state index in [0.717, 1.165) is 43.6 Å². The number of rotatable bonds is 11. The van der Waals surface area contributed by atoms with Gasteiger partial charge in [-0.1, -0.05) is 54.6 Å². The lowest BCUT2D eigenvalue weighted by Crippen LogP contribution is -2.52. The standard InChI is InChI=1S/C35H40N2O7S/c1-42-35(39)32-14-7-17-37(32)45(40,41)30-13-5-8-25(20-30)24-43-29-12-6-11-28(21-29)31(26-9-3-2-4-10-26)22-34(38)44-33-23-36-18-15-27(33)16-19-36/h2-6,8-13,20-21,27,31-33H,7,14-19,22-24H2,1H3/t31-,32-,33-/m0/s1. The van der Waals surface area contributed by atoms with E-state index < -0.39 is 22.0 Å². The van der Waals surface area contributed by atoms with E-state index in [1.165, 1.54) is 17.5 Å². The van der Waals surface area contributed by atoms with Crippen molar-refractivity contribution >= 4 is 22.0 Å². The average Bonchev–Trinajstić information content (AvgIpc) is 3.59. The summed E-state index contributed by atoms with van der Waals surface area (Å²) in [7, 11) is -2.62. The Bertz CT molecular complexity index is 1600. The fourth-order valence-electron chi connectivity index (χ4n) is 6.86. The van der Waals surface area contributed by atoms with Crippen molar-refractivity contribution < 1.29 is 32.2 Å². The molecule has 3 aromatic rings. The summed E-state index contributed by atoms with van der Waals surface area (Å²) in [4.78, 5) is 28.0. The molecule has 45 heavy (non-hydrogen) atoms. The summed E-state index contributed by atoms with van der Waals surface area (Å²) in [6.45, 7) is 3.41. The molecule has 4 heterocycles. The van der Waals surface area contributed by atoms with Crippen LogP contribution in [0.15, 0.2) is 83.8 Å². The van der Waals surface area contributed by atoms with E-state index in [-0.39, 0.29) is 42.5 Å². The van der Waals surface area contributed by atoms with Gasteiger partial charge in [-0.25, -0.2) is 8.42 Å². The number of ether oxygens (including phenoxy) is 3. The fraction of sp³-hybridized carbons (Fsp3) is 0.429. The van der Waals surface area contributed by atoms with Gasteiger partial charge in [0.05, 0.1) is 18.4 Å². The van der Waals surface area contributed by atoms with Crippen molar-refractivity contribution in [1.29, 1.82) is 0 Å². The van der Waals surface area contributed by atoms with Gasteiger partial charge in [0.1, 0.15) is 24.5 Å². The van der Waals surface area contributed by atoms with Crippen LogP contribution in [0, 0.1) is 5.92 Å². The number of fused-ring (bicyclic) bond motifs is 3. The van der Waals surface area contributed by atoms with Gasteiger partial charge in [-0.15, -0.1) is 0 Å². The molecular weight excluding hydrogens is 592 g/mol. The lowest BCUT2D eigenvalue weighted by atomic mass is 9.85. The second-order valence-corrected chi connectivity index (χ2v) is 14.0. The van der Waals surface area contributed by atoms with Crippen LogP contribution in [-0.2, 0) is 35.7 Å². The van der Waals surface area contributed by atoms with Crippen LogP contribution < -0.4 is 4.74 Å². The van der Waals surface area contributed by atoms with Gasteiger partial charge < -0.3 is 14.2 Å². The van der Waals surface area contributed by atoms with Crippen molar-refractivity contribution in [2.24, 2.45) is 5.92 Å². The summed E-state index contributed by atoms with van der Waals surface area (Å²) in [5, 5.41) is 0. The molecule has 238 valence electrons. The molecule has 0 aliphatic carbocycles. The molecule has 4 saturated heterocycles. The minimum absolute atomic E-state index is 0.0394. The Balaban J connectivity index is 1.15. The molecule has 0 saturated carbocycles. The van der Waals surface area contributed by atoms with Crippen molar-refractivity contribution in [2.75, 3.05) is 33.3 Å². The zero-order valence-electron chi connectivity index (χ0n) is 25.5. The lowest BCUT2D eigenvalue weighted by Gasteiger charge is -2.44.